The van der Waals surface area contributed by atoms with Gasteiger partial charge in [-0.3, -0.25) is 57.5 Å². The molecule has 37 nitrogen and oxygen atoms in total. The summed E-state index contributed by atoms with van der Waals surface area (Å²) in [7, 11) is 1.29. The molecule has 4 heterocycles. The molecule has 0 aromatic heterocycles. The minimum Gasteiger partial charge on any atom is -0.463 e. The highest BCUT2D eigenvalue weighted by Gasteiger charge is 2.56. The number of hydrogen-bond donors (Lipinski definition) is 5. The molecule has 4 aliphatic heterocycles. The van der Waals surface area contributed by atoms with Crippen molar-refractivity contribution in [3.8, 4) is 0 Å². The number of carbonyl (C=O) groups excluding carboxylic acids is 12. The van der Waals surface area contributed by atoms with E-state index >= 15 is 0 Å². The maximum absolute atomic E-state index is 12.6. The monoisotopic (exact) mass is 1640 g/mol. The summed E-state index contributed by atoms with van der Waals surface area (Å²) in [6.07, 6.45) is -21.5. The predicted octanol–water partition coefficient (Wildman–Crippen LogP) is 0.293. The molecule has 616 valence electrons. The standard InChI is InChI=1S/C66H102N2O35S5/c1-33(69)88-25-45-52(91-36(4)72)55(94-39(7)75)58(97-42(10)78)62(101-45)106-21-14-18-85-30-66(29-68-65(104)67-17-24-105-28-48-49(81)50(82)51(83)61(84-13)100-48,31-86-19-15-22-107-63-59(98-43(11)79)56(95-40(8)76)53(92-37(5)73)46(102-63)26-89-34(2)70)32-87-20-16-23-108-64-60(99-44(12)80)57(96-41(9)77)54(93-38(6)74)47(103-64)27-90-35(3)71/h45-64,81-83H,14-32H2,1-13H3,(H2,67,68,104)/t45-,46-,47-,48-,49-,50+,51-,52-,53-,54-,55+,56+,57+,58-,59-,60-,61+,62+,63+,64+/m1/s1. The van der Waals surface area contributed by atoms with Crippen LogP contribution in [0.15, 0.2) is 0 Å². The molecule has 4 rings (SSSR count). The zero-order chi connectivity index (χ0) is 80.4. The number of hydrogen-bond acceptors (Lipinski definition) is 40. The van der Waals surface area contributed by atoms with E-state index in [-0.39, 0.29) is 100 Å². The Balaban J connectivity index is 1.67. The van der Waals surface area contributed by atoms with Crippen LogP contribution in [0.2, 0.25) is 0 Å². The van der Waals surface area contributed by atoms with E-state index in [9.17, 15) is 72.9 Å². The van der Waals surface area contributed by atoms with Crippen LogP contribution in [0.3, 0.4) is 0 Å². The normalized spacial score (nSPS) is 28.2. The average molecular weight is 1640 g/mol. The van der Waals surface area contributed by atoms with E-state index < -0.39 is 217 Å². The molecule has 0 amide bonds. The van der Waals surface area contributed by atoms with Crippen molar-refractivity contribution >= 4 is 136 Å². The molecule has 0 unspecified atom stereocenters. The molecule has 0 saturated carbocycles. The number of thioether (sulfide) groups is 4. The first kappa shape index (κ1) is 94.7. The number of nitrogens with one attached hydrogen (secondary N) is 2. The molecule has 5 N–H and O–H groups in total. The van der Waals surface area contributed by atoms with Gasteiger partial charge < -0.3 is 121 Å². The summed E-state index contributed by atoms with van der Waals surface area (Å²) in [4.78, 5) is 149. The predicted molar refractivity (Wildman–Crippen MR) is 382 cm³/mol. The first-order valence-corrected chi connectivity index (χ1v) is 39.1. The Morgan fingerprint density at radius 2 is 0.685 bits per heavy atom. The largest absolute Gasteiger partial charge is 0.463 e. The average Bonchev–Trinajstić information content (AvgIpc) is 0.802. The summed E-state index contributed by atoms with van der Waals surface area (Å²) < 4.78 is 115. The lowest BCUT2D eigenvalue weighted by Gasteiger charge is -2.44. The molecule has 0 spiro atoms. The van der Waals surface area contributed by atoms with Gasteiger partial charge in [0.05, 0.1) is 31.3 Å². The van der Waals surface area contributed by atoms with Crippen molar-refractivity contribution in [3.05, 3.63) is 0 Å². The zero-order valence-corrected chi connectivity index (χ0v) is 66.5. The summed E-state index contributed by atoms with van der Waals surface area (Å²) in [5.74, 6) is -7.94. The Kier molecular flexibility index (Phi) is 42.9. The fraction of sp³-hybridized carbons (Fsp3) is 0.803. The second-order valence-corrected chi connectivity index (χ2v) is 30.1. The lowest BCUT2D eigenvalue weighted by molar-refractivity contribution is -0.284. The zero-order valence-electron chi connectivity index (χ0n) is 62.4. The van der Waals surface area contributed by atoms with Crippen LogP contribution in [0.4, 0.5) is 0 Å². The summed E-state index contributed by atoms with van der Waals surface area (Å²) in [5, 5.41) is 37.9. The number of methoxy groups -OCH3 is 1. The maximum Gasteiger partial charge on any atom is 0.303 e. The number of thiocarbonyl (C=S) groups is 1. The fourth-order valence-corrected chi connectivity index (χ4v) is 15.7. The molecule has 0 aliphatic carbocycles. The molecular weight excluding hydrogens is 1540 g/mol. The van der Waals surface area contributed by atoms with Crippen molar-refractivity contribution < 1.29 is 168 Å². The number of carbonyl (C=O) groups is 12. The van der Waals surface area contributed by atoms with E-state index in [2.05, 4.69) is 10.6 Å². The Bertz CT molecular complexity index is 2690. The molecule has 4 saturated heterocycles. The second kappa shape index (κ2) is 48.9. The number of ether oxygens (including phenoxy) is 20. The van der Waals surface area contributed by atoms with Crippen molar-refractivity contribution in [1.29, 1.82) is 0 Å². The molecular formula is C66H102N2O35S5. The van der Waals surface area contributed by atoms with Crippen LogP contribution >= 0.6 is 59.3 Å². The maximum atomic E-state index is 12.6. The quantitative estimate of drug-likeness (QED) is 0.0237. The minimum atomic E-state index is -1.52. The Labute approximate surface area is 647 Å². The molecule has 108 heavy (non-hydrogen) atoms. The van der Waals surface area contributed by atoms with E-state index in [0.717, 1.165) is 118 Å². The van der Waals surface area contributed by atoms with Gasteiger partial charge in [-0.25, -0.2) is 0 Å². The third-order valence-corrected chi connectivity index (χ3v) is 20.6. The Morgan fingerprint density at radius 3 is 0.981 bits per heavy atom. The van der Waals surface area contributed by atoms with Gasteiger partial charge in [-0.15, -0.1) is 35.3 Å². The van der Waals surface area contributed by atoms with Gasteiger partial charge in [0.2, 0.25) is 0 Å². The summed E-state index contributed by atoms with van der Waals surface area (Å²) in [5.41, 5.74) is -4.41. The lowest BCUT2D eigenvalue weighted by atomic mass is 9.90. The van der Waals surface area contributed by atoms with Gasteiger partial charge in [0, 0.05) is 135 Å². The molecule has 4 aliphatic rings. The Hall–Kier alpha value is -5.71. The summed E-state index contributed by atoms with van der Waals surface area (Å²) >= 11 is 10.6. The van der Waals surface area contributed by atoms with Crippen molar-refractivity contribution in [2.45, 2.75) is 223 Å². The molecule has 0 aromatic carbocycles. The smallest absolute Gasteiger partial charge is 0.303 e. The van der Waals surface area contributed by atoms with Crippen LogP contribution < -0.4 is 10.6 Å². The number of rotatable bonds is 44. The van der Waals surface area contributed by atoms with Crippen LogP contribution in [0.5, 0.6) is 0 Å². The highest BCUT2D eigenvalue weighted by molar-refractivity contribution is 8.00. The first-order chi connectivity index (χ1) is 51.0. The molecule has 0 radical (unpaired) electrons. The third-order valence-electron chi connectivity index (χ3n) is 15.6. The van der Waals surface area contributed by atoms with Gasteiger partial charge in [-0.2, -0.15) is 11.8 Å². The van der Waals surface area contributed by atoms with Gasteiger partial charge in [0.15, 0.2) is 66.3 Å². The van der Waals surface area contributed by atoms with Crippen LogP contribution in [-0.2, 0) is 152 Å². The van der Waals surface area contributed by atoms with E-state index in [1.807, 2.05) is 0 Å². The summed E-state index contributed by atoms with van der Waals surface area (Å²) in [6, 6.07) is 0. The van der Waals surface area contributed by atoms with E-state index in [1.165, 1.54) is 18.9 Å². The van der Waals surface area contributed by atoms with Crippen LogP contribution in [0, 0.1) is 5.41 Å². The van der Waals surface area contributed by atoms with Gasteiger partial charge in [0.1, 0.15) is 72.8 Å². The molecule has 20 atom stereocenters. The molecule has 0 bridgehead atoms. The number of esters is 12. The van der Waals surface area contributed by atoms with E-state index in [0.29, 0.717) is 5.75 Å². The van der Waals surface area contributed by atoms with Gasteiger partial charge in [-0.1, -0.05) is 0 Å². The second-order valence-electron chi connectivity index (χ2n) is 25.0. The van der Waals surface area contributed by atoms with Crippen molar-refractivity contribution in [1.82, 2.24) is 10.6 Å². The SMILES string of the molecule is CO[C@H]1O[C@H](CSCCNC(=S)NCC(COCCCS[C@@H]2O[C@H](COC(C)=O)[C@@H](OC(C)=O)[C@H](OC(C)=O)[C@H]2OC(C)=O)(COCCCS[C@@H]2O[C@H](COC(C)=O)[C@@H](OC(C)=O)[C@H](OC(C)=O)[C@H]2OC(C)=O)COCCCS[C@@H]2O[C@H](COC(C)=O)[C@@H](OC(C)=O)[C@H](OC(C)=O)[C@H]2OC(C)=O)[C@@H](O)[C@H](O)[C@H]1O. The van der Waals surface area contributed by atoms with Gasteiger partial charge in [0.25, 0.3) is 0 Å². The molecule has 42 heteroatoms. The summed E-state index contributed by atoms with van der Waals surface area (Å²) in [6.45, 7) is 12.3. The van der Waals surface area contributed by atoms with Crippen LogP contribution in [0.1, 0.15) is 102 Å². The third kappa shape index (κ3) is 33.7. The Morgan fingerprint density at radius 1 is 0.380 bits per heavy atom. The van der Waals surface area contributed by atoms with Crippen molar-refractivity contribution in [3.63, 3.8) is 0 Å². The molecule has 4 fully saturated rings. The van der Waals surface area contributed by atoms with E-state index in [1.54, 1.807) is 0 Å². The van der Waals surface area contributed by atoms with Crippen LogP contribution in [0.25, 0.3) is 0 Å². The first-order valence-electron chi connectivity index (χ1n) is 34.4. The highest BCUT2D eigenvalue weighted by Crippen LogP contribution is 2.39. The number of aliphatic hydroxyl groups excluding tert-OH is 3. The number of aliphatic hydroxyl groups is 3. The topological polar surface area (TPSA) is 474 Å². The molecule has 0 aromatic rings. The fourth-order valence-electron chi connectivity index (χ4n) is 11.2. The van der Waals surface area contributed by atoms with Crippen molar-refractivity contribution in [2.24, 2.45) is 5.41 Å². The van der Waals surface area contributed by atoms with Crippen molar-refractivity contribution in [2.75, 3.05) is 108 Å². The van der Waals surface area contributed by atoms with Gasteiger partial charge in [-0.05, 0) is 48.7 Å². The minimum absolute atomic E-state index is 0.00513. The van der Waals surface area contributed by atoms with Gasteiger partial charge >= 0.3 is 71.6 Å². The highest BCUT2D eigenvalue weighted by atomic mass is 32.2. The lowest BCUT2D eigenvalue weighted by Crippen LogP contribution is -2.61. The van der Waals surface area contributed by atoms with Crippen LogP contribution in [-0.4, -0.2) is 321 Å². The van der Waals surface area contributed by atoms with E-state index in [4.69, 9.17) is 107 Å².